The van der Waals surface area contributed by atoms with Gasteiger partial charge in [0.25, 0.3) is 5.56 Å². The minimum atomic E-state index is -0.445. The van der Waals surface area contributed by atoms with Crippen molar-refractivity contribution in [1.29, 1.82) is 5.26 Å². The number of aromatic nitrogens is 3. The van der Waals surface area contributed by atoms with Crippen molar-refractivity contribution < 1.29 is 4.79 Å². The zero-order chi connectivity index (χ0) is 16.7. The van der Waals surface area contributed by atoms with E-state index in [0.717, 1.165) is 12.2 Å². The number of hydrogen-bond donors (Lipinski definition) is 2. The van der Waals surface area contributed by atoms with Crippen molar-refractivity contribution >= 4 is 23.4 Å². The van der Waals surface area contributed by atoms with Crippen molar-refractivity contribution in [2.45, 2.75) is 24.9 Å². The van der Waals surface area contributed by atoms with Crippen LogP contribution in [0.15, 0.2) is 34.2 Å². The number of aromatic amines is 1. The zero-order valence-electron chi connectivity index (χ0n) is 12.5. The average Bonchev–Trinajstić information content (AvgIpc) is 2.54. The number of rotatable bonds is 6. The third kappa shape index (κ3) is 4.40. The van der Waals surface area contributed by atoms with Gasteiger partial charge in [-0.05, 0) is 12.5 Å². The van der Waals surface area contributed by atoms with Gasteiger partial charge in [-0.15, -0.1) is 10.2 Å². The van der Waals surface area contributed by atoms with E-state index in [2.05, 4.69) is 20.5 Å². The second-order valence-corrected chi connectivity index (χ2v) is 5.67. The Bertz CT molecular complexity index is 797. The highest BCUT2D eigenvalue weighted by molar-refractivity contribution is 7.99. The number of benzene rings is 1. The van der Waals surface area contributed by atoms with Crippen molar-refractivity contribution in [2.24, 2.45) is 0 Å². The Morgan fingerprint density at radius 3 is 2.87 bits per heavy atom. The molecule has 118 valence electrons. The Kier molecular flexibility index (Phi) is 5.88. The summed E-state index contributed by atoms with van der Waals surface area (Å²) in [5.74, 6) is 0.393. The van der Waals surface area contributed by atoms with Crippen molar-refractivity contribution in [3.63, 3.8) is 0 Å². The summed E-state index contributed by atoms with van der Waals surface area (Å²) in [5, 5.41) is 19.6. The number of anilines is 1. The van der Waals surface area contributed by atoms with E-state index < -0.39 is 5.91 Å². The number of H-pyrrole nitrogens is 1. The topological polar surface area (TPSA) is 112 Å². The van der Waals surface area contributed by atoms with Crippen molar-refractivity contribution in [1.82, 2.24) is 15.2 Å². The monoisotopic (exact) mass is 329 g/mol. The highest BCUT2D eigenvalue weighted by Crippen LogP contribution is 2.24. The van der Waals surface area contributed by atoms with Gasteiger partial charge >= 0.3 is 0 Å². The molecule has 0 saturated heterocycles. The number of amides is 1. The molecule has 0 unspecified atom stereocenters. The van der Waals surface area contributed by atoms with E-state index in [0.29, 0.717) is 16.4 Å². The molecule has 1 aromatic carbocycles. The van der Waals surface area contributed by atoms with Crippen LogP contribution < -0.4 is 10.9 Å². The lowest BCUT2D eigenvalue weighted by atomic mass is 10.1. The van der Waals surface area contributed by atoms with Gasteiger partial charge in [0.05, 0.1) is 11.8 Å². The third-order valence-corrected chi connectivity index (χ3v) is 3.88. The third-order valence-electron chi connectivity index (χ3n) is 2.82. The minimum Gasteiger partial charge on any atom is -0.325 e. The summed E-state index contributed by atoms with van der Waals surface area (Å²) in [6.45, 7) is 2.03. The van der Waals surface area contributed by atoms with E-state index in [4.69, 9.17) is 5.26 Å². The van der Waals surface area contributed by atoms with Crippen molar-refractivity contribution in [2.75, 3.05) is 11.1 Å². The molecule has 2 aromatic rings. The molecule has 2 N–H and O–H groups in total. The van der Waals surface area contributed by atoms with Crippen LogP contribution in [0.4, 0.5) is 5.69 Å². The van der Waals surface area contributed by atoms with E-state index in [-0.39, 0.29) is 17.7 Å². The molecule has 23 heavy (non-hydrogen) atoms. The quantitative estimate of drug-likeness (QED) is 0.786. The molecule has 0 aliphatic heterocycles. The second-order valence-electron chi connectivity index (χ2n) is 4.58. The average molecular weight is 329 g/mol. The predicted molar refractivity (Wildman–Crippen MR) is 88.0 cm³/mol. The number of nitrogens with zero attached hydrogens (tertiary/aromatic N) is 3. The lowest BCUT2D eigenvalue weighted by molar-refractivity contribution is -0.115. The Labute approximate surface area is 137 Å². The lowest BCUT2D eigenvalue weighted by Gasteiger charge is -2.09. The molecule has 0 aliphatic carbocycles. The van der Waals surface area contributed by atoms with Gasteiger partial charge in [0, 0.05) is 11.3 Å². The largest absolute Gasteiger partial charge is 0.325 e. The number of carbonyl (C=O) groups is 1. The molecule has 1 heterocycles. The van der Waals surface area contributed by atoms with Crippen LogP contribution in [0, 0.1) is 11.3 Å². The van der Waals surface area contributed by atoms with Crippen molar-refractivity contribution in [3.8, 4) is 17.3 Å². The normalized spacial score (nSPS) is 10.1. The van der Waals surface area contributed by atoms with Gasteiger partial charge in [0.1, 0.15) is 6.42 Å². The Morgan fingerprint density at radius 1 is 1.39 bits per heavy atom. The smallest absolute Gasteiger partial charge is 0.278 e. The van der Waals surface area contributed by atoms with Crippen LogP contribution in [-0.2, 0) is 4.79 Å². The highest BCUT2D eigenvalue weighted by atomic mass is 32.2. The molecule has 8 heteroatoms. The molecule has 0 aliphatic rings. The van der Waals surface area contributed by atoms with Gasteiger partial charge in [-0.1, -0.05) is 36.9 Å². The molecule has 0 saturated carbocycles. The van der Waals surface area contributed by atoms with E-state index >= 15 is 0 Å². The summed E-state index contributed by atoms with van der Waals surface area (Å²) < 4.78 is 0. The number of hydrogen-bond acceptors (Lipinski definition) is 6. The molecule has 7 nitrogen and oxygen atoms in total. The summed E-state index contributed by atoms with van der Waals surface area (Å²) >= 11 is 1.42. The molecule has 1 aromatic heterocycles. The fourth-order valence-electron chi connectivity index (χ4n) is 1.83. The Hall–Kier alpha value is -2.66. The van der Waals surface area contributed by atoms with Gasteiger partial charge in [0.2, 0.25) is 5.91 Å². The molecule has 0 spiro atoms. The van der Waals surface area contributed by atoms with Crippen LogP contribution in [0.3, 0.4) is 0 Å². The van der Waals surface area contributed by atoms with E-state index in [1.165, 1.54) is 11.8 Å². The molecule has 0 bridgehead atoms. The minimum absolute atomic E-state index is 0.124. The molecule has 0 radical (unpaired) electrons. The summed E-state index contributed by atoms with van der Waals surface area (Å²) in [6, 6.07) is 8.54. The maximum atomic E-state index is 12.2. The van der Waals surface area contributed by atoms with Crippen LogP contribution >= 0.6 is 11.8 Å². The van der Waals surface area contributed by atoms with Gasteiger partial charge < -0.3 is 5.32 Å². The first-order valence-electron chi connectivity index (χ1n) is 7.01. The first-order chi connectivity index (χ1) is 11.2. The molecule has 0 atom stereocenters. The molecule has 2 rings (SSSR count). The van der Waals surface area contributed by atoms with Crippen LogP contribution in [0.2, 0.25) is 0 Å². The summed E-state index contributed by atoms with van der Waals surface area (Å²) in [5.41, 5.74) is 0.625. The Morgan fingerprint density at radius 2 is 2.17 bits per heavy atom. The second kappa shape index (κ2) is 8.10. The number of thioether (sulfide) groups is 1. The zero-order valence-corrected chi connectivity index (χ0v) is 13.3. The van der Waals surface area contributed by atoms with Crippen molar-refractivity contribution in [3.05, 3.63) is 34.6 Å². The standard InChI is InChI=1S/C15H15N5O2S/c1-2-9-23-15-18-14(22)13(19-20-15)10-5-3-4-6-11(10)17-12(21)7-8-16/h3-6H,2,7,9H2,1H3,(H,17,21)(H,18,20,22). The molecular weight excluding hydrogens is 314 g/mol. The summed E-state index contributed by atoms with van der Waals surface area (Å²) in [7, 11) is 0. The van der Waals surface area contributed by atoms with Crippen LogP contribution in [0.25, 0.3) is 11.3 Å². The van der Waals surface area contributed by atoms with Crippen LogP contribution in [-0.4, -0.2) is 26.8 Å². The van der Waals surface area contributed by atoms with Crippen LogP contribution in [0.1, 0.15) is 19.8 Å². The van der Waals surface area contributed by atoms with Gasteiger partial charge in [-0.25, -0.2) is 0 Å². The van der Waals surface area contributed by atoms with E-state index in [9.17, 15) is 9.59 Å². The molecule has 1 amide bonds. The van der Waals surface area contributed by atoms with Gasteiger partial charge in [-0.2, -0.15) is 5.26 Å². The molecular formula is C15H15N5O2S. The predicted octanol–water partition coefficient (Wildman–Crippen LogP) is 2.19. The SMILES string of the molecule is CCCSc1nnc(-c2ccccc2NC(=O)CC#N)c(=O)[nH]1. The highest BCUT2D eigenvalue weighted by Gasteiger charge is 2.13. The molecule has 0 fully saturated rings. The Balaban J connectivity index is 2.33. The number of nitrogens with one attached hydrogen (secondary N) is 2. The number of nitriles is 1. The maximum Gasteiger partial charge on any atom is 0.278 e. The lowest BCUT2D eigenvalue weighted by Crippen LogP contribution is -2.16. The first-order valence-corrected chi connectivity index (χ1v) is 8.00. The first kappa shape index (κ1) is 16.7. The summed E-state index contributed by atoms with van der Waals surface area (Å²) in [6.07, 6.45) is 0.701. The van der Waals surface area contributed by atoms with Gasteiger partial charge in [-0.3, -0.25) is 14.6 Å². The van der Waals surface area contributed by atoms with E-state index in [1.807, 2.05) is 6.92 Å². The fourth-order valence-corrected chi connectivity index (χ4v) is 2.49. The van der Waals surface area contributed by atoms with Gasteiger partial charge in [0.15, 0.2) is 10.9 Å². The summed E-state index contributed by atoms with van der Waals surface area (Å²) in [4.78, 5) is 26.5. The fraction of sp³-hybridized carbons (Fsp3) is 0.267. The maximum absolute atomic E-state index is 12.2. The number of para-hydroxylation sites is 1. The van der Waals surface area contributed by atoms with E-state index in [1.54, 1.807) is 30.3 Å². The number of carbonyl (C=O) groups excluding carboxylic acids is 1. The van der Waals surface area contributed by atoms with Crippen LogP contribution in [0.5, 0.6) is 0 Å².